The third-order valence-electron chi connectivity index (χ3n) is 4.82. The van der Waals surface area contributed by atoms with Crippen LogP contribution >= 0.6 is 11.3 Å². The summed E-state index contributed by atoms with van der Waals surface area (Å²) in [6.45, 7) is 2.09. The van der Waals surface area contributed by atoms with Crippen LogP contribution in [0.15, 0.2) is 11.4 Å². The van der Waals surface area contributed by atoms with Gasteiger partial charge in [0.05, 0.1) is 10.4 Å². The van der Waals surface area contributed by atoms with Gasteiger partial charge >= 0.3 is 0 Å². The lowest BCUT2D eigenvalue weighted by Gasteiger charge is -2.23. The van der Waals surface area contributed by atoms with E-state index < -0.39 is 0 Å². The van der Waals surface area contributed by atoms with Gasteiger partial charge in [0.25, 0.3) is 5.91 Å². The lowest BCUT2D eigenvalue weighted by molar-refractivity contribution is 0.0936. The molecule has 8 heteroatoms. The monoisotopic (exact) mass is 332 g/mol. The molecule has 1 amide bonds. The third-order valence-corrected chi connectivity index (χ3v) is 5.75. The van der Waals surface area contributed by atoms with E-state index in [1.54, 1.807) is 0 Å². The van der Waals surface area contributed by atoms with Crippen LogP contribution in [0.3, 0.4) is 0 Å². The van der Waals surface area contributed by atoms with E-state index in [9.17, 15) is 4.79 Å². The van der Waals surface area contributed by atoms with Gasteiger partial charge in [-0.2, -0.15) is 5.21 Å². The average Bonchev–Trinajstić information content (AvgIpc) is 3.30. The van der Waals surface area contributed by atoms with Crippen molar-refractivity contribution in [2.45, 2.75) is 44.2 Å². The van der Waals surface area contributed by atoms with Gasteiger partial charge in [-0.1, -0.05) is 12.8 Å². The van der Waals surface area contributed by atoms with E-state index in [4.69, 9.17) is 0 Å². The highest BCUT2D eigenvalue weighted by Crippen LogP contribution is 2.27. The number of likely N-dealkylation sites (tertiary alicyclic amines) is 1. The summed E-state index contributed by atoms with van der Waals surface area (Å²) in [5, 5.41) is 18.9. The molecule has 1 aliphatic carbocycles. The number of rotatable bonds is 4. The Kier molecular flexibility index (Phi) is 4.09. The van der Waals surface area contributed by atoms with Crippen LogP contribution in [0.1, 0.15) is 42.5 Å². The van der Waals surface area contributed by atoms with Crippen molar-refractivity contribution >= 4 is 17.2 Å². The maximum absolute atomic E-state index is 12.4. The van der Waals surface area contributed by atoms with Crippen molar-refractivity contribution in [3.05, 3.63) is 17.0 Å². The van der Waals surface area contributed by atoms with Gasteiger partial charge < -0.3 is 5.32 Å². The summed E-state index contributed by atoms with van der Waals surface area (Å²) in [4.78, 5) is 15.8. The molecule has 122 valence electrons. The van der Waals surface area contributed by atoms with E-state index in [0.717, 1.165) is 30.4 Å². The average molecular weight is 332 g/mol. The molecule has 0 bridgehead atoms. The molecular formula is C15H20N6OS. The highest BCUT2D eigenvalue weighted by atomic mass is 32.1. The fourth-order valence-electron chi connectivity index (χ4n) is 3.61. The minimum Gasteiger partial charge on any atom is -0.348 e. The van der Waals surface area contributed by atoms with Gasteiger partial charge in [-0.15, -0.1) is 21.5 Å². The van der Waals surface area contributed by atoms with E-state index in [-0.39, 0.29) is 11.9 Å². The smallest absolute Gasteiger partial charge is 0.252 e. The van der Waals surface area contributed by atoms with Gasteiger partial charge in [0.15, 0.2) is 0 Å². The van der Waals surface area contributed by atoms with E-state index in [1.807, 2.05) is 11.4 Å². The van der Waals surface area contributed by atoms with Crippen molar-refractivity contribution in [1.82, 2.24) is 30.8 Å². The van der Waals surface area contributed by atoms with E-state index >= 15 is 0 Å². The number of nitrogens with zero attached hydrogens (tertiary/aromatic N) is 4. The van der Waals surface area contributed by atoms with Crippen molar-refractivity contribution < 1.29 is 4.79 Å². The summed E-state index contributed by atoms with van der Waals surface area (Å²) in [6, 6.07) is 2.83. The molecular weight excluding hydrogens is 312 g/mol. The summed E-state index contributed by atoms with van der Waals surface area (Å²) in [6.07, 6.45) is 6.39. The topological polar surface area (TPSA) is 86.8 Å². The highest BCUT2D eigenvalue weighted by molar-refractivity contribution is 7.13. The van der Waals surface area contributed by atoms with E-state index in [1.165, 1.54) is 37.0 Å². The zero-order chi connectivity index (χ0) is 15.6. The molecule has 2 N–H and O–H groups in total. The maximum Gasteiger partial charge on any atom is 0.252 e. The molecule has 2 fully saturated rings. The molecule has 1 unspecified atom stereocenters. The quantitative estimate of drug-likeness (QED) is 0.889. The summed E-state index contributed by atoms with van der Waals surface area (Å²) >= 11 is 1.46. The first-order chi connectivity index (χ1) is 11.3. The summed E-state index contributed by atoms with van der Waals surface area (Å²) in [7, 11) is 0. The Balaban J connectivity index is 1.35. The van der Waals surface area contributed by atoms with Crippen LogP contribution in [-0.4, -0.2) is 56.6 Å². The fraction of sp³-hybridized carbons (Fsp3) is 0.600. The number of aromatic nitrogens is 4. The molecule has 4 rings (SSSR count). The Morgan fingerprint density at radius 3 is 3.00 bits per heavy atom. The first-order valence-electron chi connectivity index (χ1n) is 8.17. The van der Waals surface area contributed by atoms with Crippen molar-refractivity contribution in [3.63, 3.8) is 0 Å². The summed E-state index contributed by atoms with van der Waals surface area (Å²) in [5.41, 5.74) is 0.675. The largest absolute Gasteiger partial charge is 0.348 e. The number of amides is 1. The Bertz CT molecular complexity index is 663. The van der Waals surface area contributed by atoms with Crippen LogP contribution in [0.4, 0.5) is 0 Å². The molecule has 23 heavy (non-hydrogen) atoms. The number of hydrogen-bond donors (Lipinski definition) is 2. The lowest BCUT2D eigenvalue weighted by Crippen LogP contribution is -2.39. The summed E-state index contributed by atoms with van der Waals surface area (Å²) in [5.74, 6) is 0.525. The van der Waals surface area contributed by atoms with Crippen LogP contribution in [0, 0.1) is 0 Å². The molecule has 0 radical (unpaired) electrons. The molecule has 1 aliphatic heterocycles. The number of hydrogen-bond acceptors (Lipinski definition) is 6. The second kappa shape index (κ2) is 6.37. The molecule has 2 aromatic rings. The van der Waals surface area contributed by atoms with E-state index in [0.29, 0.717) is 11.4 Å². The third kappa shape index (κ3) is 3.13. The molecule has 1 atom stereocenters. The molecule has 3 heterocycles. The molecule has 2 aromatic heterocycles. The van der Waals surface area contributed by atoms with Gasteiger partial charge in [0.2, 0.25) is 5.82 Å². The van der Waals surface area contributed by atoms with Crippen LogP contribution in [-0.2, 0) is 0 Å². The fourth-order valence-corrected chi connectivity index (χ4v) is 4.43. The SMILES string of the molecule is O=C(NC1CCN(C2CCCC2)C1)c1csc(-c2nn[nH]n2)c1. The maximum atomic E-state index is 12.4. The zero-order valence-electron chi connectivity index (χ0n) is 12.9. The lowest BCUT2D eigenvalue weighted by atomic mass is 10.2. The minimum atomic E-state index is -0.00531. The Labute approximate surface area is 138 Å². The van der Waals surface area contributed by atoms with Crippen molar-refractivity contribution in [1.29, 1.82) is 0 Å². The normalized spacial score (nSPS) is 22.7. The standard InChI is InChI=1S/C15H20N6OS/c22-15(10-7-13(23-9-10)14-17-19-20-18-14)16-11-5-6-21(8-11)12-3-1-2-4-12/h7,9,11-12H,1-6,8H2,(H,16,22)(H,17,18,19,20). The second-order valence-electron chi connectivity index (χ2n) is 6.33. The van der Waals surface area contributed by atoms with Crippen LogP contribution in [0.2, 0.25) is 0 Å². The Hall–Kier alpha value is -1.80. The minimum absolute atomic E-state index is 0.00531. The van der Waals surface area contributed by atoms with Gasteiger partial charge in [-0.05, 0) is 30.5 Å². The molecule has 0 spiro atoms. The molecule has 1 saturated carbocycles. The van der Waals surface area contributed by atoms with Gasteiger partial charge in [0.1, 0.15) is 0 Å². The van der Waals surface area contributed by atoms with Crippen LogP contribution < -0.4 is 5.32 Å². The number of carbonyl (C=O) groups excluding carboxylic acids is 1. The molecule has 2 aliphatic rings. The van der Waals surface area contributed by atoms with Crippen molar-refractivity contribution in [3.8, 4) is 10.7 Å². The zero-order valence-corrected chi connectivity index (χ0v) is 13.7. The van der Waals surface area contributed by atoms with Gasteiger partial charge in [-0.25, -0.2) is 0 Å². The first kappa shape index (κ1) is 14.8. The number of nitrogens with one attached hydrogen (secondary N) is 2. The number of tetrazole rings is 1. The number of carbonyl (C=O) groups is 1. The van der Waals surface area contributed by atoms with Crippen molar-refractivity contribution in [2.75, 3.05) is 13.1 Å². The number of aromatic amines is 1. The van der Waals surface area contributed by atoms with Crippen LogP contribution in [0.25, 0.3) is 10.7 Å². The van der Waals surface area contributed by atoms with E-state index in [2.05, 4.69) is 30.8 Å². The Morgan fingerprint density at radius 2 is 2.22 bits per heavy atom. The summed E-state index contributed by atoms with van der Waals surface area (Å²) < 4.78 is 0. The predicted octanol–water partition coefficient (Wildman–Crippen LogP) is 1.67. The molecule has 7 nitrogen and oxygen atoms in total. The molecule has 1 saturated heterocycles. The predicted molar refractivity (Wildman–Crippen MR) is 87.2 cm³/mol. The van der Waals surface area contributed by atoms with Crippen molar-refractivity contribution in [2.24, 2.45) is 0 Å². The molecule has 0 aromatic carbocycles. The number of H-pyrrole nitrogens is 1. The Morgan fingerprint density at radius 1 is 1.35 bits per heavy atom. The highest BCUT2D eigenvalue weighted by Gasteiger charge is 2.30. The van der Waals surface area contributed by atoms with Gasteiger partial charge in [0, 0.05) is 30.6 Å². The second-order valence-corrected chi connectivity index (χ2v) is 7.24. The number of thiophene rings is 1. The first-order valence-corrected chi connectivity index (χ1v) is 9.05. The van der Waals surface area contributed by atoms with Crippen LogP contribution in [0.5, 0.6) is 0 Å². The van der Waals surface area contributed by atoms with Gasteiger partial charge in [-0.3, -0.25) is 9.69 Å².